The summed E-state index contributed by atoms with van der Waals surface area (Å²) in [5.41, 5.74) is 0.366. The van der Waals surface area contributed by atoms with Crippen LogP contribution in [0.2, 0.25) is 8.67 Å². The lowest BCUT2D eigenvalue weighted by atomic mass is 10.3. The minimum atomic E-state index is -0.289. The van der Waals surface area contributed by atoms with Gasteiger partial charge >= 0.3 is 0 Å². The summed E-state index contributed by atoms with van der Waals surface area (Å²) in [6, 6.07) is 1.53. The van der Waals surface area contributed by atoms with Crippen LogP contribution in [0, 0.1) is 0 Å². The van der Waals surface area contributed by atoms with E-state index in [-0.39, 0.29) is 11.8 Å². The highest BCUT2D eigenvalue weighted by Crippen LogP contribution is 2.30. The number of rotatable bonds is 4. The van der Waals surface area contributed by atoms with E-state index in [1.165, 1.54) is 6.07 Å². The fourth-order valence-corrected chi connectivity index (χ4v) is 3.46. The topological polar surface area (TPSA) is 49.4 Å². The molecule has 2 heterocycles. The fraction of sp³-hybridized carbons (Fsp3) is 0.500. The summed E-state index contributed by atoms with van der Waals surface area (Å²) in [6.45, 7) is 1.98. The molecule has 7 heteroatoms. The first-order valence-electron chi connectivity index (χ1n) is 6.08. The molecule has 1 saturated heterocycles. The Labute approximate surface area is 125 Å². The van der Waals surface area contributed by atoms with Gasteiger partial charge in [-0.25, -0.2) is 0 Å². The van der Waals surface area contributed by atoms with Crippen molar-refractivity contribution in [3.05, 3.63) is 20.3 Å². The number of thiophene rings is 1. The number of carbonyl (C=O) groups is 2. The molecule has 104 valence electrons. The van der Waals surface area contributed by atoms with Gasteiger partial charge < -0.3 is 10.2 Å². The van der Waals surface area contributed by atoms with E-state index in [2.05, 4.69) is 5.32 Å². The van der Waals surface area contributed by atoms with Gasteiger partial charge in [0.25, 0.3) is 5.91 Å². The highest BCUT2D eigenvalue weighted by atomic mass is 35.5. The Bertz CT molecular complexity index is 484. The largest absolute Gasteiger partial charge is 0.351 e. The maximum absolute atomic E-state index is 11.8. The van der Waals surface area contributed by atoms with Crippen LogP contribution in [0.5, 0.6) is 0 Å². The molecule has 1 aliphatic rings. The van der Waals surface area contributed by atoms with Crippen molar-refractivity contribution in [2.24, 2.45) is 0 Å². The van der Waals surface area contributed by atoms with Crippen molar-refractivity contribution in [1.82, 2.24) is 10.2 Å². The first kappa shape index (κ1) is 14.6. The standard InChI is InChI=1S/C12H14Cl2N2O2S/c13-9-7-8(11(14)19-9)12(18)15-4-3-10(17)16-5-1-2-6-16/h7H,1-6H2,(H,15,18). The lowest BCUT2D eigenvalue weighted by Gasteiger charge is -2.15. The van der Waals surface area contributed by atoms with E-state index in [0.29, 0.717) is 27.2 Å². The van der Waals surface area contributed by atoms with Crippen molar-refractivity contribution >= 4 is 46.4 Å². The van der Waals surface area contributed by atoms with Crippen molar-refractivity contribution in [3.8, 4) is 0 Å². The van der Waals surface area contributed by atoms with E-state index >= 15 is 0 Å². The van der Waals surface area contributed by atoms with Gasteiger partial charge in [-0.05, 0) is 18.9 Å². The molecule has 1 fully saturated rings. The predicted molar refractivity (Wildman–Crippen MR) is 77.1 cm³/mol. The Morgan fingerprint density at radius 2 is 2.00 bits per heavy atom. The average molecular weight is 321 g/mol. The van der Waals surface area contributed by atoms with Crippen LogP contribution in [-0.4, -0.2) is 36.3 Å². The molecular weight excluding hydrogens is 307 g/mol. The van der Waals surface area contributed by atoms with Crippen molar-refractivity contribution in [2.45, 2.75) is 19.3 Å². The summed E-state index contributed by atoms with van der Waals surface area (Å²) in [5, 5.41) is 2.68. The third-order valence-electron chi connectivity index (χ3n) is 2.98. The van der Waals surface area contributed by atoms with Gasteiger partial charge in [0.15, 0.2) is 0 Å². The lowest BCUT2D eigenvalue weighted by Crippen LogP contribution is -2.32. The smallest absolute Gasteiger partial charge is 0.253 e. The van der Waals surface area contributed by atoms with Crippen LogP contribution in [0.3, 0.4) is 0 Å². The molecule has 0 radical (unpaired) electrons. The van der Waals surface area contributed by atoms with Crippen LogP contribution in [0.1, 0.15) is 29.6 Å². The number of halogens is 2. The molecule has 0 aromatic carbocycles. The lowest BCUT2D eigenvalue weighted by molar-refractivity contribution is -0.129. The van der Waals surface area contributed by atoms with E-state index in [0.717, 1.165) is 37.3 Å². The molecule has 0 unspecified atom stereocenters. The first-order chi connectivity index (χ1) is 9.08. The van der Waals surface area contributed by atoms with Gasteiger partial charge in [0.2, 0.25) is 5.91 Å². The summed E-state index contributed by atoms with van der Waals surface area (Å²) in [5.74, 6) is -0.199. The zero-order chi connectivity index (χ0) is 13.8. The maximum Gasteiger partial charge on any atom is 0.253 e. The Hall–Kier alpha value is -0.780. The quantitative estimate of drug-likeness (QED) is 0.927. The SMILES string of the molecule is O=C(NCCC(=O)N1CCCC1)c1cc(Cl)sc1Cl. The van der Waals surface area contributed by atoms with Gasteiger partial charge in [0.05, 0.1) is 9.90 Å². The molecule has 1 aromatic rings. The predicted octanol–water partition coefficient (Wildman–Crippen LogP) is 2.80. The van der Waals surface area contributed by atoms with Crippen LogP contribution in [0.15, 0.2) is 6.07 Å². The second-order valence-electron chi connectivity index (χ2n) is 4.33. The molecule has 2 rings (SSSR count). The van der Waals surface area contributed by atoms with E-state index in [1.54, 1.807) is 0 Å². The number of nitrogens with one attached hydrogen (secondary N) is 1. The van der Waals surface area contributed by atoms with Gasteiger partial charge in [-0.15, -0.1) is 11.3 Å². The number of hydrogen-bond donors (Lipinski definition) is 1. The van der Waals surface area contributed by atoms with E-state index in [4.69, 9.17) is 23.2 Å². The molecule has 0 bridgehead atoms. The third kappa shape index (κ3) is 3.84. The summed E-state index contributed by atoms with van der Waals surface area (Å²) < 4.78 is 0.844. The van der Waals surface area contributed by atoms with Crippen molar-refractivity contribution in [2.75, 3.05) is 19.6 Å². The molecule has 4 nitrogen and oxygen atoms in total. The van der Waals surface area contributed by atoms with Crippen LogP contribution in [0.4, 0.5) is 0 Å². The Morgan fingerprint density at radius 1 is 1.32 bits per heavy atom. The molecular formula is C12H14Cl2N2O2S. The van der Waals surface area contributed by atoms with E-state index in [1.807, 2.05) is 4.90 Å². The van der Waals surface area contributed by atoms with E-state index < -0.39 is 0 Å². The summed E-state index contributed by atoms with van der Waals surface area (Å²) in [4.78, 5) is 25.4. The summed E-state index contributed by atoms with van der Waals surface area (Å²) in [7, 11) is 0. The van der Waals surface area contributed by atoms with Crippen molar-refractivity contribution in [1.29, 1.82) is 0 Å². The van der Waals surface area contributed by atoms with Crippen molar-refractivity contribution < 1.29 is 9.59 Å². The fourth-order valence-electron chi connectivity index (χ4n) is 2.00. The van der Waals surface area contributed by atoms with Gasteiger partial charge in [0, 0.05) is 26.1 Å². The summed E-state index contributed by atoms with van der Waals surface area (Å²) in [6.07, 6.45) is 2.46. The van der Waals surface area contributed by atoms with Gasteiger partial charge in [-0.3, -0.25) is 9.59 Å². The van der Waals surface area contributed by atoms with Crippen LogP contribution in [-0.2, 0) is 4.79 Å². The Kier molecular flexibility index (Phi) is 5.07. The molecule has 1 N–H and O–H groups in total. The van der Waals surface area contributed by atoms with Gasteiger partial charge in [0.1, 0.15) is 4.34 Å². The minimum Gasteiger partial charge on any atom is -0.351 e. The average Bonchev–Trinajstić information content (AvgIpc) is 2.98. The van der Waals surface area contributed by atoms with E-state index in [9.17, 15) is 9.59 Å². The zero-order valence-corrected chi connectivity index (χ0v) is 12.6. The molecule has 2 amide bonds. The second kappa shape index (κ2) is 6.59. The normalized spacial score (nSPS) is 14.7. The van der Waals surface area contributed by atoms with Crippen molar-refractivity contribution in [3.63, 3.8) is 0 Å². The third-order valence-corrected chi connectivity index (χ3v) is 4.47. The van der Waals surface area contributed by atoms with Gasteiger partial charge in [-0.2, -0.15) is 0 Å². The molecule has 1 aliphatic heterocycles. The van der Waals surface area contributed by atoms with Crippen LogP contribution < -0.4 is 5.32 Å². The molecule has 0 aliphatic carbocycles. The number of amides is 2. The Balaban J connectivity index is 1.77. The molecule has 0 atom stereocenters. The number of nitrogens with zero attached hydrogens (tertiary/aromatic N) is 1. The van der Waals surface area contributed by atoms with Crippen LogP contribution in [0.25, 0.3) is 0 Å². The Morgan fingerprint density at radius 3 is 2.58 bits per heavy atom. The number of hydrogen-bond acceptors (Lipinski definition) is 3. The number of likely N-dealkylation sites (tertiary alicyclic amines) is 1. The second-order valence-corrected chi connectivity index (χ2v) is 6.62. The first-order valence-corrected chi connectivity index (χ1v) is 7.66. The summed E-state index contributed by atoms with van der Waals surface area (Å²) >= 11 is 12.8. The molecule has 19 heavy (non-hydrogen) atoms. The molecule has 0 saturated carbocycles. The molecule has 0 spiro atoms. The monoisotopic (exact) mass is 320 g/mol. The number of carbonyl (C=O) groups excluding carboxylic acids is 2. The molecule has 1 aromatic heterocycles. The highest BCUT2D eigenvalue weighted by Gasteiger charge is 2.18. The maximum atomic E-state index is 11.8. The minimum absolute atomic E-state index is 0.0900. The highest BCUT2D eigenvalue weighted by molar-refractivity contribution is 7.20. The van der Waals surface area contributed by atoms with Crippen LogP contribution >= 0.6 is 34.5 Å². The zero-order valence-electron chi connectivity index (χ0n) is 10.2. The van der Waals surface area contributed by atoms with Gasteiger partial charge in [-0.1, -0.05) is 23.2 Å².